The number of piperidine rings is 1. The van der Waals surface area contributed by atoms with Crippen LogP contribution >= 0.6 is 11.6 Å². The molecule has 116 valence electrons. The molecular formula is C18H21ClN2O. The van der Waals surface area contributed by atoms with E-state index in [1.807, 2.05) is 30.3 Å². The van der Waals surface area contributed by atoms with Crippen LogP contribution in [0, 0.1) is 5.41 Å². The van der Waals surface area contributed by atoms with Gasteiger partial charge in [-0.1, -0.05) is 29.8 Å². The molecule has 1 N–H and O–H groups in total. The number of benzene rings is 1. The van der Waals surface area contributed by atoms with Crippen molar-refractivity contribution in [1.29, 1.82) is 0 Å². The molecule has 2 heterocycles. The van der Waals surface area contributed by atoms with E-state index in [9.17, 15) is 0 Å². The number of nitrogens with one attached hydrogen (secondary N) is 1. The molecule has 0 bridgehead atoms. The van der Waals surface area contributed by atoms with Crippen LogP contribution in [0.1, 0.15) is 18.4 Å². The van der Waals surface area contributed by atoms with E-state index in [2.05, 4.69) is 16.4 Å². The summed E-state index contributed by atoms with van der Waals surface area (Å²) in [5.41, 5.74) is 1.28. The van der Waals surface area contributed by atoms with E-state index < -0.39 is 0 Å². The summed E-state index contributed by atoms with van der Waals surface area (Å²) in [5.74, 6) is 0.826. The lowest BCUT2D eigenvalue weighted by molar-refractivity contribution is 0.110. The zero-order valence-electron chi connectivity index (χ0n) is 12.6. The number of hydrogen-bond acceptors (Lipinski definition) is 3. The Balaban J connectivity index is 1.74. The molecule has 0 spiro atoms. The average molecular weight is 317 g/mol. The van der Waals surface area contributed by atoms with Crippen molar-refractivity contribution in [3.05, 3.63) is 59.4 Å². The van der Waals surface area contributed by atoms with Crippen molar-refractivity contribution < 1.29 is 4.74 Å². The molecule has 1 atom stereocenters. The van der Waals surface area contributed by atoms with E-state index in [0.29, 0.717) is 6.61 Å². The molecule has 3 nitrogen and oxygen atoms in total. The van der Waals surface area contributed by atoms with Crippen molar-refractivity contribution in [3.8, 4) is 5.75 Å². The van der Waals surface area contributed by atoms with Crippen LogP contribution in [0.2, 0.25) is 5.02 Å². The third kappa shape index (κ3) is 3.79. The quantitative estimate of drug-likeness (QED) is 0.912. The smallest absolute Gasteiger partial charge is 0.137 e. The van der Waals surface area contributed by atoms with Gasteiger partial charge in [0.25, 0.3) is 0 Å². The van der Waals surface area contributed by atoms with E-state index in [4.69, 9.17) is 16.3 Å². The summed E-state index contributed by atoms with van der Waals surface area (Å²) in [7, 11) is 0. The Morgan fingerprint density at radius 1 is 1.23 bits per heavy atom. The van der Waals surface area contributed by atoms with E-state index in [1.165, 1.54) is 12.0 Å². The van der Waals surface area contributed by atoms with Gasteiger partial charge in [0.1, 0.15) is 5.75 Å². The fourth-order valence-corrected chi connectivity index (χ4v) is 3.27. The van der Waals surface area contributed by atoms with E-state index >= 15 is 0 Å². The number of halogens is 1. The Morgan fingerprint density at radius 3 is 2.86 bits per heavy atom. The maximum absolute atomic E-state index is 6.35. The van der Waals surface area contributed by atoms with Crippen LogP contribution < -0.4 is 10.1 Å². The number of nitrogens with zero attached hydrogens (tertiary/aromatic N) is 1. The van der Waals surface area contributed by atoms with Gasteiger partial charge >= 0.3 is 0 Å². The summed E-state index contributed by atoms with van der Waals surface area (Å²) in [6.07, 6.45) is 6.76. The van der Waals surface area contributed by atoms with Crippen LogP contribution in [-0.2, 0) is 6.42 Å². The van der Waals surface area contributed by atoms with Gasteiger partial charge in [0, 0.05) is 23.2 Å². The predicted molar refractivity (Wildman–Crippen MR) is 89.4 cm³/mol. The van der Waals surface area contributed by atoms with Gasteiger partial charge in [-0.15, -0.1) is 0 Å². The second-order valence-electron chi connectivity index (χ2n) is 6.03. The second-order valence-corrected chi connectivity index (χ2v) is 6.43. The normalized spacial score (nSPS) is 21.5. The predicted octanol–water partition coefficient (Wildman–Crippen LogP) is 3.73. The maximum atomic E-state index is 6.35. The zero-order valence-corrected chi connectivity index (χ0v) is 13.4. The number of pyridine rings is 1. The van der Waals surface area contributed by atoms with Crippen molar-refractivity contribution in [2.24, 2.45) is 5.41 Å². The molecule has 0 aliphatic carbocycles. The van der Waals surface area contributed by atoms with Gasteiger partial charge in [0.2, 0.25) is 0 Å². The minimum atomic E-state index is 0.0824. The first-order valence-corrected chi connectivity index (χ1v) is 8.12. The van der Waals surface area contributed by atoms with Crippen molar-refractivity contribution in [3.63, 3.8) is 0 Å². The molecule has 22 heavy (non-hydrogen) atoms. The Kier molecular flexibility index (Phi) is 4.96. The zero-order chi connectivity index (χ0) is 15.3. The van der Waals surface area contributed by atoms with Gasteiger partial charge in [-0.25, -0.2) is 0 Å². The van der Waals surface area contributed by atoms with Crippen LogP contribution in [0.5, 0.6) is 5.75 Å². The first kappa shape index (κ1) is 15.3. The minimum absolute atomic E-state index is 0.0824. The van der Waals surface area contributed by atoms with E-state index in [0.717, 1.165) is 36.7 Å². The lowest BCUT2D eigenvalue weighted by Crippen LogP contribution is -2.45. The Hall–Kier alpha value is -1.58. The molecule has 1 aromatic heterocycles. The highest BCUT2D eigenvalue weighted by Gasteiger charge is 2.33. The van der Waals surface area contributed by atoms with Gasteiger partial charge in [-0.2, -0.15) is 0 Å². The molecule has 4 heteroatoms. The Morgan fingerprint density at radius 2 is 2.14 bits per heavy atom. The summed E-state index contributed by atoms with van der Waals surface area (Å²) in [4.78, 5) is 4.11. The van der Waals surface area contributed by atoms with Crippen LogP contribution in [0.3, 0.4) is 0 Å². The molecule has 1 saturated heterocycles. The highest BCUT2D eigenvalue weighted by atomic mass is 35.5. The summed E-state index contributed by atoms with van der Waals surface area (Å²) in [5, 5.41) is 4.35. The largest absolute Gasteiger partial charge is 0.491 e. The number of aromatic nitrogens is 1. The summed E-state index contributed by atoms with van der Waals surface area (Å²) in [6, 6.07) is 11.9. The minimum Gasteiger partial charge on any atom is -0.491 e. The molecule has 1 aliphatic rings. The van der Waals surface area contributed by atoms with Gasteiger partial charge in [-0.3, -0.25) is 4.98 Å². The van der Waals surface area contributed by atoms with Gasteiger partial charge in [-0.05, 0) is 49.6 Å². The van der Waals surface area contributed by atoms with Gasteiger partial charge < -0.3 is 10.1 Å². The molecule has 1 aromatic carbocycles. The van der Waals surface area contributed by atoms with E-state index in [1.54, 1.807) is 12.4 Å². The van der Waals surface area contributed by atoms with Crippen LogP contribution in [0.4, 0.5) is 0 Å². The molecule has 0 amide bonds. The molecule has 1 aliphatic heterocycles. The summed E-state index contributed by atoms with van der Waals surface area (Å²) < 4.78 is 6.02. The third-order valence-corrected chi connectivity index (χ3v) is 4.63. The number of rotatable bonds is 5. The topological polar surface area (TPSA) is 34.1 Å². The maximum Gasteiger partial charge on any atom is 0.137 e. The number of ether oxygens (including phenoxy) is 1. The van der Waals surface area contributed by atoms with Gasteiger partial charge in [0.15, 0.2) is 0 Å². The fraction of sp³-hybridized carbons (Fsp3) is 0.389. The Labute approximate surface area is 136 Å². The highest BCUT2D eigenvalue weighted by Crippen LogP contribution is 2.33. The lowest BCUT2D eigenvalue weighted by Gasteiger charge is -2.37. The lowest BCUT2D eigenvalue weighted by atomic mass is 9.76. The van der Waals surface area contributed by atoms with Crippen molar-refractivity contribution in [2.45, 2.75) is 19.3 Å². The fourth-order valence-electron chi connectivity index (χ4n) is 3.07. The number of hydrogen-bond donors (Lipinski definition) is 1. The highest BCUT2D eigenvalue weighted by molar-refractivity contribution is 6.31. The van der Waals surface area contributed by atoms with Gasteiger partial charge in [0.05, 0.1) is 12.8 Å². The molecule has 1 fully saturated rings. The van der Waals surface area contributed by atoms with Crippen molar-refractivity contribution in [1.82, 2.24) is 10.3 Å². The first-order valence-electron chi connectivity index (χ1n) is 7.74. The Bertz CT molecular complexity index is 597. The summed E-state index contributed by atoms with van der Waals surface area (Å²) >= 11 is 6.35. The van der Waals surface area contributed by atoms with E-state index in [-0.39, 0.29) is 5.41 Å². The SMILES string of the molecule is Clc1ccccc1CC1(COc2cccnc2)CCCNC1. The first-order chi connectivity index (χ1) is 10.8. The van der Waals surface area contributed by atoms with Crippen LogP contribution in [0.25, 0.3) is 0 Å². The van der Waals surface area contributed by atoms with Crippen molar-refractivity contribution in [2.75, 3.05) is 19.7 Å². The molecule has 2 aromatic rings. The molecule has 0 radical (unpaired) electrons. The van der Waals surface area contributed by atoms with Crippen LogP contribution in [0.15, 0.2) is 48.8 Å². The van der Waals surface area contributed by atoms with Crippen molar-refractivity contribution >= 4 is 11.6 Å². The third-order valence-electron chi connectivity index (χ3n) is 4.26. The summed E-state index contributed by atoms with van der Waals surface area (Å²) in [6.45, 7) is 2.71. The molecule has 1 unspecified atom stereocenters. The standard InChI is InChI=1S/C18H21ClN2O/c19-17-7-2-1-5-15(17)11-18(8-4-10-21-13-18)14-22-16-6-3-9-20-12-16/h1-3,5-7,9,12,21H,4,8,10-11,13-14H2. The molecule has 0 saturated carbocycles. The molecular weight excluding hydrogens is 296 g/mol. The second kappa shape index (κ2) is 7.12. The monoisotopic (exact) mass is 316 g/mol. The average Bonchev–Trinajstić information content (AvgIpc) is 2.57. The van der Waals surface area contributed by atoms with Crippen LogP contribution in [-0.4, -0.2) is 24.7 Å². The molecule has 3 rings (SSSR count).